The van der Waals surface area contributed by atoms with Gasteiger partial charge in [-0.3, -0.25) is 9.36 Å². The van der Waals surface area contributed by atoms with Gasteiger partial charge in [0.25, 0.3) is 5.91 Å². The number of imidazole rings is 1. The lowest BCUT2D eigenvalue weighted by Crippen LogP contribution is -2.16. The van der Waals surface area contributed by atoms with Crippen molar-refractivity contribution in [1.29, 1.82) is 0 Å². The van der Waals surface area contributed by atoms with E-state index >= 15 is 0 Å². The van der Waals surface area contributed by atoms with E-state index in [0.717, 1.165) is 0 Å². The number of benzene rings is 2. The van der Waals surface area contributed by atoms with E-state index in [1.165, 1.54) is 35.7 Å². The summed E-state index contributed by atoms with van der Waals surface area (Å²) in [5.41, 5.74) is 2.25. The fourth-order valence-electron chi connectivity index (χ4n) is 2.47. The summed E-state index contributed by atoms with van der Waals surface area (Å²) < 4.78 is 16.2. The Morgan fingerprint density at radius 2 is 1.88 bits per heavy atom. The standard InChI is InChI=1S/C17H12FN7O/c18-12-4-6-14(7-5-12)24-10-19-9-16(24)17(26)21-13-2-1-3-15(8-13)25-11-20-22-23-25/h1-11H,(H,21,26). The Labute approximate surface area is 146 Å². The number of nitrogens with one attached hydrogen (secondary N) is 1. The molecular formula is C17H12FN7O. The molecule has 0 unspecified atom stereocenters. The number of hydrogen-bond donors (Lipinski definition) is 1. The largest absolute Gasteiger partial charge is 0.321 e. The van der Waals surface area contributed by atoms with E-state index < -0.39 is 0 Å². The van der Waals surface area contributed by atoms with Crippen molar-refractivity contribution >= 4 is 11.6 Å². The zero-order valence-corrected chi connectivity index (χ0v) is 13.3. The third-order valence-electron chi connectivity index (χ3n) is 3.69. The number of nitrogens with zero attached hydrogens (tertiary/aromatic N) is 6. The third kappa shape index (κ3) is 3.05. The Hall–Kier alpha value is -3.88. The van der Waals surface area contributed by atoms with Crippen LogP contribution in [-0.2, 0) is 0 Å². The number of amides is 1. The lowest BCUT2D eigenvalue weighted by Gasteiger charge is -2.10. The number of tetrazole rings is 1. The van der Waals surface area contributed by atoms with Crippen LogP contribution in [0.2, 0.25) is 0 Å². The second-order valence-electron chi connectivity index (χ2n) is 5.38. The van der Waals surface area contributed by atoms with Crippen molar-refractivity contribution in [2.45, 2.75) is 0 Å². The molecule has 0 saturated carbocycles. The first kappa shape index (κ1) is 15.6. The summed E-state index contributed by atoms with van der Waals surface area (Å²) >= 11 is 0. The minimum atomic E-state index is -0.348. The first-order valence-corrected chi connectivity index (χ1v) is 7.64. The van der Waals surface area contributed by atoms with Gasteiger partial charge in [-0.25, -0.2) is 14.1 Å². The van der Waals surface area contributed by atoms with Crippen molar-refractivity contribution in [3.63, 3.8) is 0 Å². The second-order valence-corrected chi connectivity index (χ2v) is 5.38. The van der Waals surface area contributed by atoms with Gasteiger partial charge in [-0.1, -0.05) is 6.07 Å². The number of hydrogen-bond acceptors (Lipinski definition) is 5. The number of halogens is 1. The fraction of sp³-hybridized carbons (Fsp3) is 0. The number of aromatic nitrogens is 6. The lowest BCUT2D eigenvalue weighted by atomic mass is 10.2. The third-order valence-corrected chi connectivity index (χ3v) is 3.69. The van der Waals surface area contributed by atoms with E-state index in [1.807, 2.05) is 6.07 Å². The van der Waals surface area contributed by atoms with Gasteiger partial charge in [0.2, 0.25) is 0 Å². The van der Waals surface area contributed by atoms with Gasteiger partial charge in [0, 0.05) is 11.4 Å². The molecule has 128 valence electrons. The predicted molar refractivity (Wildman–Crippen MR) is 90.6 cm³/mol. The Balaban J connectivity index is 1.59. The summed E-state index contributed by atoms with van der Waals surface area (Å²) in [5, 5.41) is 13.8. The van der Waals surface area contributed by atoms with Gasteiger partial charge < -0.3 is 5.32 Å². The zero-order valence-electron chi connectivity index (χ0n) is 13.3. The number of carbonyl (C=O) groups is 1. The van der Waals surface area contributed by atoms with Crippen molar-refractivity contribution in [2.24, 2.45) is 0 Å². The Morgan fingerprint density at radius 3 is 2.65 bits per heavy atom. The molecule has 1 amide bonds. The molecule has 4 rings (SSSR count). The van der Waals surface area contributed by atoms with Gasteiger partial charge in [-0.15, -0.1) is 5.10 Å². The molecule has 2 aromatic carbocycles. The molecule has 0 atom stereocenters. The fourth-order valence-corrected chi connectivity index (χ4v) is 2.47. The highest BCUT2D eigenvalue weighted by atomic mass is 19.1. The zero-order chi connectivity index (χ0) is 17.9. The summed E-state index contributed by atoms with van der Waals surface area (Å²) in [5.74, 6) is -0.694. The van der Waals surface area contributed by atoms with Crippen LogP contribution in [-0.4, -0.2) is 35.7 Å². The molecule has 0 saturated heterocycles. The highest BCUT2D eigenvalue weighted by Gasteiger charge is 2.14. The molecule has 0 radical (unpaired) electrons. The summed E-state index contributed by atoms with van der Waals surface area (Å²) in [7, 11) is 0. The van der Waals surface area contributed by atoms with Crippen LogP contribution in [0.25, 0.3) is 11.4 Å². The summed E-state index contributed by atoms with van der Waals surface area (Å²) in [4.78, 5) is 16.7. The topological polar surface area (TPSA) is 90.5 Å². The molecule has 1 N–H and O–H groups in total. The van der Waals surface area contributed by atoms with Crippen molar-refractivity contribution in [3.8, 4) is 11.4 Å². The molecule has 0 bridgehead atoms. The second kappa shape index (κ2) is 6.55. The quantitative estimate of drug-likeness (QED) is 0.610. The Bertz CT molecular complexity index is 1040. The molecule has 0 fully saturated rings. The maximum absolute atomic E-state index is 13.1. The summed E-state index contributed by atoms with van der Waals surface area (Å²) in [6.07, 6.45) is 4.41. The molecular weight excluding hydrogens is 337 g/mol. The molecule has 26 heavy (non-hydrogen) atoms. The van der Waals surface area contributed by atoms with E-state index in [4.69, 9.17) is 0 Å². The van der Waals surface area contributed by atoms with Crippen LogP contribution < -0.4 is 5.32 Å². The average molecular weight is 349 g/mol. The first-order chi connectivity index (χ1) is 12.7. The van der Waals surface area contributed by atoms with Crippen molar-refractivity contribution < 1.29 is 9.18 Å². The van der Waals surface area contributed by atoms with Gasteiger partial charge in [0.1, 0.15) is 17.8 Å². The Morgan fingerprint density at radius 1 is 1.04 bits per heavy atom. The highest BCUT2D eigenvalue weighted by Crippen LogP contribution is 2.16. The molecule has 9 heteroatoms. The number of rotatable bonds is 4. The van der Waals surface area contributed by atoms with Crippen LogP contribution in [0.15, 0.2) is 67.4 Å². The summed E-state index contributed by atoms with van der Waals surface area (Å²) in [6.45, 7) is 0. The summed E-state index contributed by atoms with van der Waals surface area (Å²) in [6, 6.07) is 12.9. The van der Waals surface area contributed by atoms with E-state index in [1.54, 1.807) is 34.9 Å². The van der Waals surface area contributed by atoms with Crippen LogP contribution in [0.4, 0.5) is 10.1 Å². The first-order valence-electron chi connectivity index (χ1n) is 7.64. The number of carbonyl (C=O) groups excluding carboxylic acids is 1. The van der Waals surface area contributed by atoms with Gasteiger partial charge in [-0.2, -0.15) is 0 Å². The molecule has 0 aliphatic carbocycles. The molecule has 0 aliphatic rings. The predicted octanol–water partition coefficient (Wildman–Crippen LogP) is 2.24. The van der Waals surface area contributed by atoms with Crippen LogP contribution >= 0.6 is 0 Å². The van der Waals surface area contributed by atoms with Crippen molar-refractivity contribution in [2.75, 3.05) is 5.32 Å². The molecule has 8 nitrogen and oxygen atoms in total. The van der Waals surface area contributed by atoms with Gasteiger partial charge in [0.05, 0.1) is 18.2 Å². The minimum absolute atomic E-state index is 0.324. The maximum atomic E-state index is 13.1. The molecule has 0 aliphatic heterocycles. The van der Waals surface area contributed by atoms with Crippen LogP contribution in [0, 0.1) is 5.82 Å². The average Bonchev–Trinajstić information content (AvgIpc) is 3.35. The van der Waals surface area contributed by atoms with Crippen LogP contribution in [0.1, 0.15) is 10.5 Å². The number of anilines is 1. The maximum Gasteiger partial charge on any atom is 0.274 e. The van der Waals surface area contributed by atoms with Crippen LogP contribution in [0.5, 0.6) is 0 Å². The van der Waals surface area contributed by atoms with E-state index in [2.05, 4.69) is 25.8 Å². The van der Waals surface area contributed by atoms with Crippen molar-refractivity contribution in [1.82, 2.24) is 29.8 Å². The molecule has 2 aromatic heterocycles. The van der Waals surface area contributed by atoms with Crippen molar-refractivity contribution in [3.05, 3.63) is 78.9 Å². The SMILES string of the molecule is O=C(Nc1cccc(-n2cnnn2)c1)c1cncn1-c1ccc(F)cc1. The van der Waals surface area contributed by atoms with Crippen LogP contribution in [0.3, 0.4) is 0 Å². The van der Waals surface area contributed by atoms with Gasteiger partial charge >= 0.3 is 0 Å². The normalized spacial score (nSPS) is 10.7. The van der Waals surface area contributed by atoms with E-state index in [9.17, 15) is 9.18 Å². The van der Waals surface area contributed by atoms with E-state index in [0.29, 0.717) is 22.8 Å². The molecule has 0 spiro atoms. The lowest BCUT2D eigenvalue weighted by molar-refractivity contribution is 0.102. The molecule has 2 heterocycles. The Kier molecular flexibility index (Phi) is 3.94. The monoisotopic (exact) mass is 349 g/mol. The molecule has 4 aromatic rings. The smallest absolute Gasteiger partial charge is 0.274 e. The minimum Gasteiger partial charge on any atom is -0.321 e. The van der Waals surface area contributed by atoms with E-state index in [-0.39, 0.29) is 11.7 Å². The highest BCUT2D eigenvalue weighted by molar-refractivity contribution is 6.03. The van der Waals surface area contributed by atoms with Gasteiger partial charge in [0.15, 0.2) is 0 Å². The van der Waals surface area contributed by atoms with Gasteiger partial charge in [-0.05, 0) is 52.9 Å².